The zero-order valence-electron chi connectivity index (χ0n) is 10.8. The summed E-state index contributed by atoms with van der Waals surface area (Å²) in [7, 11) is 0. The van der Waals surface area contributed by atoms with Crippen molar-refractivity contribution in [3.63, 3.8) is 0 Å². The summed E-state index contributed by atoms with van der Waals surface area (Å²) in [4.78, 5) is 39.0. The number of pyridine rings is 1. The number of aldehydes is 1. The first-order valence-electron chi connectivity index (χ1n) is 6.30. The van der Waals surface area contributed by atoms with Crippen molar-refractivity contribution in [3.8, 4) is 0 Å². The zero-order chi connectivity index (χ0) is 14.5. The predicted molar refractivity (Wildman–Crippen MR) is 69.7 cm³/mol. The zero-order valence-corrected chi connectivity index (χ0v) is 10.8. The number of likely N-dealkylation sites (tertiary alicyclic amines) is 1. The van der Waals surface area contributed by atoms with Crippen LogP contribution in [0.15, 0.2) is 18.3 Å². The number of hydrogen-bond acceptors (Lipinski definition) is 4. The third-order valence-electron chi connectivity index (χ3n) is 3.18. The number of carbonyl (C=O) groups is 3. The van der Waals surface area contributed by atoms with Gasteiger partial charge in [-0.15, -0.1) is 0 Å². The molecule has 0 spiro atoms. The first-order valence-corrected chi connectivity index (χ1v) is 6.30. The van der Waals surface area contributed by atoms with Crippen LogP contribution in [0.2, 0.25) is 0 Å². The van der Waals surface area contributed by atoms with Crippen LogP contribution in [0.3, 0.4) is 0 Å². The van der Waals surface area contributed by atoms with Gasteiger partial charge in [-0.05, 0) is 25.0 Å². The van der Waals surface area contributed by atoms with E-state index < -0.39 is 6.09 Å². The van der Waals surface area contributed by atoms with Crippen molar-refractivity contribution < 1.29 is 19.5 Å². The molecule has 0 unspecified atom stereocenters. The smallest absolute Gasteiger partial charge is 0.404 e. The van der Waals surface area contributed by atoms with Gasteiger partial charge in [0, 0.05) is 30.9 Å². The summed E-state index contributed by atoms with van der Waals surface area (Å²) < 4.78 is 0. The molecular weight excluding hydrogens is 262 g/mol. The summed E-state index contributed by atoms with van der Waals surface area (Å²) >= 11 is 0. The lowest BCUT2D eigenvalue weighted by Crippen LogP contribution is -2.49. The molecule has 0 aliphatic carbocycles. The Morgan fingerprint density at radius 2 is 2.30 bits per heavy atom. The van der Waals surface area contributed by atoms with Gasteiger partial charge in [-0.1, -0.05) is 0 Å². The quantitative estimate of drug-likeness (QED) is 0.795. The minimum atomic E-state index is -1.09. The molecule has 2 amide bonds. The fraction of sp³-hybridized carbons (Fsp3) is 0.385. The molecule has 0 bridgehead atoms. The van der Waals surface area contributed by atoms with Gasteiger partial charge in [0.05, 0.1) is 0 Å². The Bertz CT molecular complexity index is 532. The number of hydrogen-bond donors (Lipinski definition) is 2. The van der Waals surface area contributed by atoms with E-state index in [0.717, 1.165) is 6.42 Å². The van der Waals surface area contributed by atoms with Gasteiger partial charge in [0.1, 0.15) is 5.69 Å². The Hall–Kier alpha value is -2.44. The molecular formula is C13H15N3O4. The Morgan fingerprint density at radius 1 is 1.50 bits per heavy atom. The molecule has 2 heterocycles. The second kappa shape index (κ2) is 6.14. The summed E-state index contributed by atoms with van der Waals surface area (Å²) in [5, 5.41) is 11.1. The van der Waals surface area contributed by atoms with Crippen LogP contribution in [0.5, 0.6) is 0 Å². The summed E-state index contributed by atoms with van der Waals surface area (Å²) in [5.74, 6) is -0.215. The van der Waals surface area contributed by atoms with E-state index in [1.54, 1.807) is 11.0 Å². The van der Waals surface area contributed by atoms with Gasteiger partial charge >= 0.3 is 6.09 Å². The molecule has 1 aliphatic rings. The van der Waals surface area contributed by atoms with E-state index in [9.17, 15) is 14.4 Å². The second-order valence-corrected chi connectivity index (χ2v) is 4.63. The van der Waals surface area contributed by atoms with Crippen LogP contribution in [-0.2, 0) is 0 Å². The second-order valence-electron chi connectivity index (χ2n) is 4.63. The Morgan fingerprint density at radius 3 is 3.00 bits per heavy atom. The first-order chi connectivity index (χ1) is 9.60. The summed E-state index contributed by atoms with van der Waals surface area (Å²) in [5.41, 5.74) is 0.589. The molecule has 1 saturated heterocycles. The van der Waals surface area contributed by atoms with Crippen LogP contribution in [0.25, 0.3) is 0 Å². The number of carboxylic acid groups (broad SMARTS) is 1. The molecule has 2 N–H and O–H groups in total. The fourth-order valence-electron chi connectivity index (χ4n) is 2.28. The highest BCUT2D eigenvalue weighted by Crippen LogP contribution is 2.14. The highest BCUT2D eigenvalue weighted by Gasteiger charge is 2.25. The molecule has 0 radical (unpaired) electrons. The lowest BCUT2D eigenvalue weighted by molar-refractivity contribution is 0.0692. The number of amides is 2. The van der Waals surface area contributed by atoms with Gasteiger partial charge in [-0.2, -0.15) is 0 Å². The Kier molecular flexibility index (Phi) is 4.29. The molecule has 1 atom stereocenters. The van der Waals surface area contributed by atoms with Crippen molar-refractivity contribution in [1.29, 1.82) is 0 Å². The van der Waals surface area contributed by atoms with E-state index in [1.807, 2.05) is 0 Å². The van der Waals surface area contributed by atoms with E-state index in [1.165, 1.54) is 12.3 Å². The number of nitrogens with zero attached hydrogens (tertiary/aromatic N) is 2. The van der Waals surface area contributed by atoms with Crippen LogP contribution < -0.4 is 5.32 Å². The third kappa shape index (κ3) is 3.31. The third-order valence-corrected chi connectivity index (χ3v) is 3.18. The predicted octanol–water partition coefficient (Wildman–Crippen LogP) is 0.766. The molecule has 1 aliphatic heterocycles. The molecule has 1 aromatic heterocycles. The largest absolute Gasteiger partial charge is 0.465 e. The van der Waals surface area contributed by atoms with E-state index in [2.05, 4.69) is 10.3 Å². The highest BCUT2D eigenvalue weighted by molar-refractivity contribution is 5.95. The lowest BCUT2D eigenvalue weighted by atomic mass is 10.0. The first kappa shape index (κ1) is 14.0. The summed E-state index contributed by atoms with van der Waals surface area (Å²) in [6, 6.07) is 2.73. The maximum atomic E-state index is 12.3. The van der Waals surface area contributed by atoms with Crippen molar-refractivity contribution in [2.75, 3.05) is 13.1 Å². The molecule has 2 rings (SSSR count). The van der Waals surface area contributed by atoms with Gasteiger partial charge in [0.2, 0.25) is 0 Å². The average Bonchev–Trinajstić information content (AvgIpc) is 2.46. The summed E-state index contributed by atoms with van der Waals surface area (Å²) in [6.45, 7) is 0.916. The minimum Gasteiger partial charge on any atom is -0.465 e. The molecule has 20 heavy (non-hydrogen) atoms. The normalized spacial score (nSPS) is 18.4. The van der Waals surface area contributed by atoms with Gasteiger partial charge in [-0.3, -0.25) is 14.6 Å². The number of aromatic nitrogens is 1. The molecule has 1 fully saturated rings. The van der Waals surface area contributed by atoms with Crippen LogP contribution in [0.1, 0.15) is 33.7 Å². The molecule has 106 valence electrons. The molecule has 7 heteroatoms. The molecule has 0 saturated carbocycles. The van der Waals surface area contributed by atoms with Gasteiger partial charge < -0.3 is 15.3 Å². The summed E-state index contributed by atoms with van der Waals surface area (Å²) in [6.07, 6.45) is 2.36. The Balaban J connectivity index is 2.07. The maximum Gasteiger partial charge on any atom is 0.404 e. The van der Waals surface area contributed by atoms with Crippen molar-refractivity contribution in [1.82, 2.24) is 15.2 Å². The fourth-order valence-corrected chi connectivity index (χ4v) is 2.28. The standard InChI is InChI=1S/C13H15N3O4/c17-8-11-6-9(3-4-14-11)12(18)16-5-1-2-10(7-16)15-13(19)20/h3-4,6,8,10,15H,1-2,5,7H2,(H,19,20)/t10-/m1/s1. The monoisotopic (exact) mass is 277 g/mol. The molecule has 1 aromatic rings. The SMILES string of the molecule is O=Cc1cc(C(=O)N2CCC[C@@H](NC(=O)O)C2)ccn1. The highest BCUT2D eigenvalue weighted by atomic mass is 16.4. The van der Waals surface area contributed by atoms with E-state index in [0.29, 0.717) is 31.4 Å². The minimum absolute atomic E-state index is 0.202. The number of carbonyl (C=O) groups excluding carboxylic acids is 2. The van der Waals surface area contributed by atoms with Crippen molar-refractivity contribution in [2.45, 2.75) is 18.9 Å². The number of piperidine rings is 1. The van der Waals surface area contributed by atoms with Crippen molar-refractivity contribution >= 4 is 18.3 Å². The Labute approximate surface area is 115 Å². The number of rotatable bonds is 3. The van der Waals surface area contributed by atoms with Crippen molar-refractivity contribution in [3.05, 3.63) is 29.6 Å². The number of nitrogens with one attached hydrogen (secondary N) is 1. The lowest BCUT2D eigenvalue weighted by Gasteiger charge is -2.32. The average molecular weight is 277 g/mol. The van der Waals surface area contributed by atoms with Crippen LogP contribution in [0, 0.1) is 0 Å². The van der Waals surface area contributed by atoms with Gasteiger partial charge in [0.25, 0.3) is 5.91 Å². The van der Waals surface area contributed by atoms with Gasteiger partial charge in [0.15, 0.2) is 6.29 Å². The molecule has 0 aromatic carbocycles. The van der Waals surface area contributed by atoms with E-state index in [4.69, 9.17) is 5.11 Å². The van der Waals surface area contributed by atoms with E-state index >= 15 is 0 Å². The van der Waals surface area contributed by atoms with Gasteiger partial charge in [-0.25, -0.2) is 4.79 Å². The van der Waals surface area contributed by atoms with E-state index in [-0.39, 0.29) is 17.6 Å². The van der Waals surface area contributed by atoms with Crippen LogP contribution in [-0.4, -0.2) is 52.4 Å². The van der Waals surface area contributed by atoms with Crippen LogP contribution >= 0.6 is 0 Å². The maximum absolute atomic E-state index is 12.3. The molecule has 7 nitrogen and oxygen atoms in total. The topological polar surface area (TPSA) is 99.6 Å². The van der Waals surface area contributed by atoms with Crippen molar-refractivity contribution in [2.24, 2.45) is 0 Å². The van der Waals surface area contributed by atoms with Crippen LogP contribution in [0.4, 0.5) is 4.79 Å².